The largest absolute Gasteiger partial charge is 0.477 e. The molecule has 0 saturated carbocycles. The number of ether oxygens (including phenoxy) is 2. The molecule has 0 spiro atoms. The minimum Gasteiger partial charge on any atom is -0.477 e. The molecule has 0 radical (unpaired) electrons. The van der Waals surface area contributed by atoms with E-state index in [1.807, 2.05) is 6.07 Å². The fraction of sp³-hybridized carbons (Fsp3) is 0.556. The third kappa shape index (κ3) is 2.48. The van der Waals surface area contributed by atoms with E-state index in [0.29, 0.717) is 18.6 Å². The number of nitriles is 1. The molecule has 0 aromatic carbocycles. The van der Waals surface area contributed by atoms with Crippen molar-refractivity contribution in [3.63, 3.8) is 0 Å². The lowest BCUT2D eigenvalue weighted by Gasteiger charge is -2.25. The van der Waals surface area contributed by atoms with Gasteiger partial charge in [-0.2, -0.15) is 5.26 Å². The van der Waals surface area contributed by atoms with Crippen LogP contribution in [0.3, 0.4) is 0 Å². The Morgan fingerprint density at radius 3 is 2.92 bits per heavy atom. The van der Waals surface area contributed by atoms with E-state index in [2.05, 4.69) is 0 Å². The van der Waals surface area contributed by atoms with Crippen molar-refractivity contribution in [1.29, 1.82) is 5.26 Å². The SMILES string of the molecule is CC(=O)OC1=COC(C)(C#N)CC1. The van der Waals surface area contributed by atoms with Crippen LogP contribution in [0.15, 0.2) is 12.0 Å². The second kappa shape index (κ2) is 3.48. The molecule has 0 aromatic rings. The second-order valence-electron chi connectivity index (χ2n) is 3.14. The number of esters is 1. The summed E-state index contributed by atoms with van der Waals surface area (Å²) < 4.78 is 9.94. The topological polar surface area (TPSA) is 59.3 Å². The van der Waals surface area contributed by atoms with Crippen molar-refractivity contribution in [3.05, 3.63) is 12.0 Å². The molecule has 1 aliphatic heterocycles. The Balaban J connectivity index is 2.59. The van der Waals surface area contributed by atoms with E-state index in [1.165, 1.54) is 13.2 Å². The Hall–Kier alpha value is -1.50. The Kier molecular flexibility index (Phi) is 2.57. The highest BCUT2D eigenvalue weighted by Crippen LogP contribution is 2.26. The smallest absolute Gasteiger partial charge is 0.307 e. The summed E-state index contributed by atoms with van der Waals surface area (Å²) in [6, 6.07) is 2.05. The molecule has 4 nitrogen and oxygen atoms in total. The average molecular weight is 181 g/mol. The third-order valence-corrected chi connectivity index (χ3v) is 1.81. The summed E-state index contributed by atoms with van der Waals surface area (Å²) in [7, 11) is 0. The average Bonchev–Trinajstić information content (AvgIpc) is 2.09. The van der Waals surface area contributed by atoms with E-state index >= 15 is 0 Å². The molecule has 0 fully saturated rings. The number of allylic oxidation sites excluding steroid dienone is 1. The first-order valence-corrected chi connectivity index (χ1v) is 4.02. The zero-order valence-electron chi connectivity index (χ0n) is 7.66. The van der Waals surface area contributed by atoms with E-state index in [4.69, 9.17) is 14.7 Å². The summed E-state index contributed by atoms with van der Waals surface area (Å²) >= 11 is 0. The van der Waals surface area contributed by atoms with Gasteiger partial charge >= 0.3 is 5.97 Å². The molecule has 4 heteroatoms. The number of nitrogens with zero attached hydrogens (tertiary/aromatic N) is 1. The first kappa shape index (κ1) is 9.59. The van der Waals surface area contributed by atoms with Crippen LogP contribution in [-0.2, 0) is 14.3 Å². The standard InChI is InChI=1S/C9H11NO3/c1-7(11)13-8-3-4-9(2,6-10)12-5-8/h5H,3-4H2,1-2H3. The minimum absolute atomic E-state index is 0.365. The molecule has 1 heterocycles. The number of rotatable bonds is 1. The van der Waals surface area contributed by atoms with Gasteiger partial charge in [-0.1, -0.05) is 0 Å². The monoisotopic (exact) mass is 181 g/mol. The van der Waals surface area contributed by atoms with Gasteiger partial charge < -0.3 is 9.47 Å². The van der Waals surface area contributed by atoms with Gasteiger partial charge in [-0.25, -0.2) is 0 Å². The van der Waals surface area contributed by atoms with E-state index < -0.39 is 5.60 Å². The molecule has 0 amide bonds. The second-order valence-corrected chi connectivity index (χ2v) is 3.14. The molecule has 0 saturated heterocycles. The molecule has 1 rings (SSSR count). The lowest BCUT2D eigenvalue weighted by Crippen LogP contribution is -2.28. The van der Waals surface area contributed by atoms with Crippen LogP contribution in [0.2, 0.25) is 0 Å². The fourth-order valence-electron chi connectivity index (χ4n) is 1.02. The predicted octanol–water partition coefficient (Wildman–Crippen LogP) is 1.48. The molecule has 0 aromatic heterocycles. The zero-order valence-corrected chi connectivity index (χ0v) is 7.66. The van der Waals surface area contributed by atoms with Gasteiger partial charge in [0.25, 0.3) is 0 Å². The van der Waals surface area contributed by atoms with Gasteiger partial charge in [0.05, 0.1) is 0 Å². The Morgan fingerprint density at radius 1 is 1.85 bits per heavy atom. The van der Waals surface area contributed by atoms with Gasteiger partial charge in [-0.05, 0) is 6.92 Å². The first-order valence-electron chi connectivity index (χ1n) is 4.02. The van der Waals surface area contributed by atoms with Crippen LogP contribution in [0.4, 0.5) is 0 Å². The molecule has 1 aliphatic rings. The maximum atomic E-state index is 10.6. The molecule has 0 aliphatic carbocycles. The third-order valence-electron chi connectivity index (χ3n) is 1.81. The Labute approximate surface area is 76.7 Å². The molecule has 0 bridgehead atoms. The normalized spacial score (nSPS) is 26.7. The van der Waals surface area contributed by atoms with Crippen LogP contribution in [0.1, 0.15) is 26.7 Å². The van der Waals surface area contributed by atoms with Gasteiger partial charge in [0.15, 0.2) is 5.60 Å². The maximum absolute atomic E-state index is 10.6. The van der Waals surface area contributed by atoms with E-state index in [0.717, 1.165) is 0 Å². The van der Waals surface area contributed by atoms with Crippen molar-refractivity contribution < 1.29 is 14.3 Å². The molecular weight excluding hydrogens is 170 g/mol. The maximum Gasteiger partial charge on any atom is 0.307 e. The molecule has 0 N–H and O–H groups in total. The number of hydrogen-bond donors (Lipinski definition) is 0. The van der Waals surface area contributed by atoms with Gasteiger partial charge in [0.2, 0.25) is 0 Å². The van der Waals surface area contributed by atoms with Crippen LogP contribution in [0.25, 0.3) is 0 Å². The Bertz CT molecular complexity index is 290. The highest BCUT2D eigenvalue weighted by molar-refractivity contribution is 5.67. The van der Waals surface area contributed by atoms with Crippen LogP contribution < -0.4 is 0 Å². The number of carbonyl (C=O) groups excluding carboxylic acids is 1. The highest BCUT2D eigenvalue weighted by atomic mass is 16.6. The highest BCUT2D eigenvalue weighted by Gasteiger charge is 2.29. The van der Waals surface area contributed by atoms with Crippen LogP contribution in [0.5, 0.6) is 0 Å². The van der Waals surface area contributed by atoms with Gasteiger partial charge in [0.1, 0.15) is 18.1 Å². The summed E-state index contributed by atoms with van der Waals surface area (Å²) in [5, 5.41) is 8.71. The van der Waals surface area contributed by atoms with Gasteiger partial charge in [-0.3, -0.25) is 4.79 Å². The number of hydrogen-bond acceptors (Lipinski definition) is 4. The van der Waals surface area contributed by atoms with E-state index in [1.54, 1.807) is 6.92 Å². The summed E-state index contributed by atoms with van der Waals surface area (Å²) in [5.74, 6) is 0.121. The molecular formula is C9H11NO3. The molecule has 13 heavy (non-hydrogen) atoms. The summed E-state index contributed by atoms with van der Waals surface area (Å²) in [5.41, 5.74) is -0.774. The zero-order chi connectivity index (χ0) is 9.90. The quantitative estimate of drug-likeness (QED) is 0.575. The summed E-state index contributed by atoms with van der Waals surface area (Å²) in [4.78, 5) is 10.6. The predicted molar refractivity (Wildman–Crippen MR) is 44.2 cm³/mol. The van der Waals surface area contributed by atoms with Crippen molar-refractivity contribution in [3.8, 4) is 6.07 Å². The number of carbonyl (C=O) groups is 1. The van der Waals surface area contributed by atoms with E-state index in [-0.39, 0.29) is 5.97 Å². The molecule has 1 unspecified atom stereocenters. The molecule has 70 valence electrons. The van der Waals surface area contributed by atoms with Gasteiger partial charge in [0, 0.05) is 19.8 Å². The lowest BCUT2D eigenvalue weighted by molar-refractivity contribution is -0.138. The molecule has 1 atom stereocenters. The van der Waals surface area contributed by atoms with Crippen molar-refractivity contribution >= 4 is 5.97 Å². The van der Waals surface area contributed by atoms with Crippen molar-refractivity contribution in [1.82, 2.24) is 0 Å². The summed E-state index contributed by atoms with van der Waals surface area (Å²) in [6.07, 6.45) is 2.44. The lowest BCUT2D eigenvalue weighted by atomic mass is 9.99. The van der Waals surface area contributed by atoms with Gasteiger partial charge in [-0.15, -0.1) is 0 Å². The first-order chi connectivity index (χ1) is 6.06. The van der Waals surface area contributed by atoms with Crippen LogP contribution >= 0.6 is 0 Å². The van der Waals surface area contributed by atoms with Crippen molar-refractivity contribution in [2.45, 2.75) is 32.3 Å². The minimum atomic E-state index is -0.774. The van der Waals surface area contributed by atoms with Crippen LogP contribution in [0, 0.1) is 11.3 Å². The van der Waals surface area contributed by atoms with Crippen molar-refractivity contribution in [2.75, 3.05) is 0 Å². The van der Waals surface area contributed by atoms with E-state index in [9.17, 15) is 4.79 Å². The van der Waals surface area contributed by atoms with Crippen LogP contribution in [-0.4, -0.2) is 11.6 Å². The fourth-order valence-corrected chi connectivity index (χ4v) is 1.02. The Morgan fingerprint density at radius 2 is 2.54 bits per heavy atom. The summed E-state index contributed by atoms with van der Waals surface area (Å²) in [6.45, 7) is 3.03. The van der Waals surface area contributed by atoms with Crippen molar-refractivity contribution in [2.24, 2.45) is 0 Å².